The lowest BCUT2D eigenvalue weighted by Gasteiger charge is -2.25. The molecule has 0 bridgehead atoms. The van der Waals surface area contributed by atoms with Crippen LogP contribution in [-0.4, -0.2) is 20.3 Å². The van der Waals surface area contributed by atoms with Gasteiger partial charge in [-0.2, -0.15) is 0 Å². The highest BCUT2D eigenvalue weighted by molar-refractivity contribution is 5.33. The van der Waals surface area contributed by atoms with E-state index in [0.717, 1.165) is 11.5 Å². The summed E-state index contributed by atoms with van der Waals surface area (Å²) in [7, 11) is 3.25. The summed E-state index contributed by atoms with van der Waals surface area (Å²) >= 11 is 0. The SMILES string of the molecule is COC1=CC(c2ccco2)CC(OC(C)C)=C1OC. The highest BCUT2D eigenvalue weighted by atomic mass is 16.5. The Balaban J connectivity index is 2.32. The van der Waals surface area contributed by atoms with Gasteiger partial charge in [-0.25, -0.2) is 0 Å². The predicted octanol–water partition coefficient (Wildman–Crippen LogP) is 3.58. The van der Waals surface area contributed by atoms with Crippen molar-refractivity contribution in [2.75, 3.05) is 14.2 Å². The molecule has 1 unspecified atom stereocenters. The topological polar surface area (TPSA) is 40.8 Å². The van der Waals surface area contributed by atoms with Crippen LogP contribution in [0.2, 0.25) is 0 Å². The van der Waals surface area contributed by atoms with Crippen LogP contribution in [0, 0.1) is 0 Å². The average molecular weight is 264 g/mol. The van der Waals surface area contributed by atoms with Crippen molar-refractivity contribution in [3.63, 3.8) is 0 Å². The number of allylic oxidation sites excluding steroid dienone is 2. The van der Waals surface area contributed by atoms with Crippen molar-refractivity contribution in [3.8, 4) is 0 Å². The molecule has 0 radical (unpaired) electrons. The lowest BCUT2D eigenvalue weighted by Crippen LogP contribution is -2.15. The maximum atomic E-state index is 5.85. The molecule has 0 saturated carbocycles. The standard InChI is InChI=1S/C15H20O4/c1-10(2)19-14-9-11(12-6-5-7-18-12)8-13(16-3)15(14)17-4/h5-8,10-11H,9H2,1-4H3. The van der Waals surface area contributed by atoms with Crippen LogP contribution < -0.4 is 0 Å². The minimum absolute atomic E-state index is 0.0913. The first-order valence-corrected chi connectivity index (χ1v) is 6.39. The molecule has 1 aliphatic rings. The van der Waals surface area contributed by atoms with Gasteiger partial charge in [-0.1, -0.05) is 0 Å². The summed E-state index contributed by atoms with van der Waals surface area (Å²) in [4.78, 5) is 0. The minimum atomic E-state index is 0.0913. The molecule has 1 aromatic rings. The second-order valence-electron chi connectivity index (χ2n) is 4.68. The predicted molar refractivity (Wildman–Crippen MR) is 71.4 cm³/mol. The zero-order valence-electron chi connectivity index (χ0n) is 11.8. The van der Waals surface area contributed by atoms with E-state index in [2.05, 4.69) is 0 Å². The van der Waals surface area contributed by atoms with Crippen molar-refractivity contribution >= 4 is 0 Å². The Bertz CT molecular complexity index is 468. The van der Waals surface area contributed by atoms with Gasteiger partial charge >= 0.3 is 0 Å². The number of furan rings is 1. The van der Waals surface area contributed by atoms with Crippen LogP contribution in [0.4, 0.5) is 0 Å². The highest BCUT2D eigenvalue weighted by Gasteiger charge is 2.28. The van der Waals surface area contributed by atoms with Crippen molar-refractivity contribution in [2.45, 2.75) is 32.3 Å². The summed E-state index contributed by atoms with van der Waals surface area (Å²) in [5.74, 6) is 3.16. The van der Waals surface area contributed by atoms with Crippen LogP contribution >= 0.6 is 0 Å². The van der Waals surface area contributed by atoms with Crippen molar-refractivity contribution in [1.82, 2.24) is 0 Å². The molecule has 0 amide bonds. The molecule has 0 aromatic carbocycles. The second kappa shape index (κ2) is 5.87. The van der Waals surface area contributed by atoms with Gasteiger partial charge in [-0.3, -0.25) is 0 Å². The molecular formula is C15H20O4. The summed E-state index contributed by atoms with van der Waals surface area (Å²) in [5.41, 5.74) is 0. The van der Waals surface area contributed by atoms with E-state index in [1.807, 2.05) is 32.1 Å². The highest BCUT2D eigenvalue weighted by Crippen LogP contribution is 2.36. The molecule has 1 aromatic heterocycles. The Labute approximate surface area is 113 Å². The van der Waals surface area contributed by atoms with Crippen LogP contribution in [-0.2, 0) is 14.2 Å². The fourth-order valence-corrected chi connectivity index (χ4v) is 2.19. The van der Waals surface area contributed by atoms with E-state index < -0.39 is 0 Å². The minimum Gasteiger partial charge on any atom is -0.493 e. The Hall–Kier alpha value is -1.84. The first-order chi connectivity index (χ1) is 9.15. The number of ether oxygens (including phenoxy) is 3. The van der Waals surface area contributed by atoms with Gasteiger partial charge in [0.15, 0.2) is 11.5 Å². The fourth-order valence-electron chi connectivity index (χ4n) is 2.19. The summed E-state index contributed by atoms with van der Waals surface area (Å²) in [6, 6.07) is 3.84. The Kier molecular flexibility index (Phi) is 4.20. The maximum Gasteiger partial charge on any atom is 0.198 e. The van der Waals surface area contributed by atoms with Gasteiger partial charge in [0.05, 0.1) is 26.6 Å². The molecule has 4 nitrogen and oxygen atoms in total. The summed E-state index contributed by atoms with van der Waals surface area (Å²) < 4.78 is 22.1. The normalized spacial score (nSPS) is 19.4. The van der Waals surface area contributed by atoms with E-state index in [1.54, 1.807) is 20.5 Å². The molecule has 4 heteroatoms. The van der Waals surface area contributed by atoms with Gasteiger partial charge in [0.1, 0.15) is 11.5 Å². The lowest BCUT2D eigenvalue weighted by atomic mass is 9.95. The zero-order chi connectivity index (χ0) is 13.8. The average Bonchev–Trinajstić information content (AvgIpc) is 2.90. The van der Waals surface area contributed by atoms with E-state index in [1.165, 1.54) is 0 Å². The van der Waals surface area contributed by atoms with Gasteiger partial charge in [0.25, 0.3) is 0 Å². The van der Waals surface area contributed by atoms with E-state index >= 15 is 0 Å². The Morgan fingerprint density at radius 3 is 2.58 bits per heavy atom. The fraction of sp³-hybridized carbons (Fsp3) is 0.467. The molecule has 0 saturated heterocycles. The first kappa shape index (κ1) is 13.6. The van der Waals surface area contributed by atoms with Crippen molar-refractivity contribution in [2.24, 2.45) is 0 Å². The molecule has 0 N–H and O–H groups in total. The van der Waals surface area contributed by atoms with Crippen molar-refractivity contribution in [1.29, 1.82) is 0 Å². The van der Waals surface area contributed by atoms with E-state index in [-0.39, 0.29) is 12.0 Å². The largest absolute Gasteiger partial charge is 0.493 e. The number of rotatable bonds is 5. The monoisotopic (exact) mass is 264 g/mol. The zero-order valence-corrected chi connectivity index (χ0v) is 11.8. The molecule has 0 aliphatic heterocycles. The van der Waals surface area contributed by atoms with Crippen LogP contribution in [0.3, 0.4) is 0 Å². The Morgan fingerprint density at radius 2 is 2.05 bits per heavy atom. The van der Waals surface area contributed by atoms with Crippen LogP contribution in [0.1, 0.15) is 31.9 Å². The van der Waals surface area contributed by atoms with Crippen molar-refractivity contribution in [3.05, 3.63) is 47.5 Å². The van der Waals surface area contributed by atoms with E-state index in [9.17, 15) is 0 Å². The third-order valence-corrected chi connectivity index (χ3v) is 2.95. The molecule has 19 heavy (non-hydrogen) atoms. The molecule has 104 valence electrons. The first-order valence-electron chi connectivity index (χ1n) is 6.39. The van der Waals surface area contributed by atoms with E-state index in [0.29, 0.717) is 17.9 Å². The van der Waals surface area contributed by atoms with Gasteiger partial charge in [0, 0.05) is 12.3 Å². The molecule has 1 aliphatic carbocycles. The van der Waals surface area contributed by atoms with Gasteiger partial charge in [0.2, 0.25) is 0 Å². The molecule has 1 atom stereocenters. The molecular weight excluding hydrogens is 244 g/mol. The molecule has 0 fully saturated rings. The lowest BCUT2D eigenvalue weighted by molar-refractivity contribution is 0.105. The maximum absolute atomic E-state index is 5.85. The second-order valence-corrected chi connectivity index (χ2v) is 4.68. The molecule has 1 heterocycles. The number of hydrogen-bond donors (Lipinski definition) is 0. The van der Waals surface area contributed by atoms with Crippen LogP contribution in [0.25, 0.3) is 0 Å². The number of hydrogen-bond acceptors (Lipinski definition) is 4. The smallest absolute Gasteiger partial charge is 0.198 e. The van der Waals surface area contributed by atoms with Gasteiger partial charge in [-0.05, 0) is 32.1 Å². The Morgan fingerprint density at radius 1 is 1.26 bits per heavy atom. The summed E-state index contributed by atoms with van der Waals surface area (Å²) in [6.07, 6.45) is 4.48. The van der Waals surface area contributed by atoms with Crippen LogP contribution in [0.5, 0.6) is 0 Å². The van der Waals surface area contributed by atoms with Gasteiger partial charge in [-0.15, -0.1) is 0 Å². The number of methoxy groups -OCH3 is 2. The summed E-state index contributed by atoms with van der Waals surface area (Å²) in [6.45, 7) is 3.99. The molecule has 2 rings (SSSR count). The quantitative estimate of drug-likeness (QED) is 0.815. The van der Waals surface area contributed by atoms with E-state index in [4.69, 9.17) is 18.6 Å². The third-order valence-electron chi connectivity index (χ3n) is 2.95. The molecule has 0 spiro atoms. The van der Waals surface area contributed by atoms with Crippen LogP contribution in [0.15, 0.2) is 46.2 Å². The third kappa shape index (κ3) is 2.95. The van der Waals surface area contributed by atoms with Crippen molar-refractivity contribution < 1.29 is 18.6 Å². The van der Waals surface area contributed by atoms with Gasteiger partial charge < -0.3 is 18.6 Å². The summed E-state index contributed by atoms with van der Waals surface area (Å²) in [5, 5.41) is 0.